The molecule has 3 aromatic rings. The fourth-order valence-corrected chi connectivity index (χ4v) is 2.67. The Bertz CT molecular complexity index is 1060. The highest BCUT2D eigenvalue weighted by molar-refractivity contribution is 6.30. The Morgan fingerprint density at radius 1 is 1.32 bits per heavy atom. The van der Waals surface area contributed by atoms with E-state index in [-0.39, 0.29) is 11.4 Å². The van der Waals surface area contributed by atoms with Gasteiger partial charge < -0.3 is 15.5 Å². The van der Waals surface area contributed by atoms with E-state index in [1.54, 1.807) is 36.7 Å². The standard InChI is InChI=1S/C21H18ClFN4O/c1-3-5-18(13(2)11-24)26-21-16(19-6-4-9-28-19)12-25-20(27-21)15-10-14(22)7-8-17(15)23/h3-12H,1,24H2,2H3,(H,25,26,27)/b13-11-,18-5+. The highest BCUT2D eigenvalue weighted by Crippen LogP contribution is 2.31. The molecule has 3 N–H and O–H groups in total. The molecule has 0 radical (unpaired) electrons. The third-order valence-electron chi connectivity index (χ3n) is 3.96. The van der Waals surface area contributed by atoms with Gasteiger partial charge in [0, 0.05) is 16.9 Å². The van der Waals surface area contributed by atoms with Crippen molar-refractivity contribution < 1.29 is 8.81 Å². The van der Waals surface area contributed by atoms with Gasteiger partial charge in [-0.2, -0.15) is 0 Å². The van der Waals surface area contributed by atoms with E-state index in [1.807, 2.05) is 6.92 Å². The lowest BCUT2D eigenvalue weighted by Gasteiger charge is -2.14. The second-order valence-corrected chi connectivity index (χ2v) is 6.28. The number of allylic oxidation sites excluding steroid dienone is 3. The summed E-state index contributed by atoms with van der Waals surface area (Å²) in [6.07, 6.45) is 7.96. The number of nitrogens with one attached hydrogen (secondary N) is 1. The second-order valence-electron chi connectivity index (χ2n) is 5.85. The van der Waals surface area contributed by atoms with Crippen molar-refractivity contribution in [2.45, 2.75) is 6.92 Å². The lowest BCUT2D eigenvalue weighted by Crippen LogP contribution is -2.07. The first kappa shape index (κ1) is 19.4. The summed E-state index contributed by atoms with van der Waals surface area (Å²) < 4.78 is 19.8. The van der Waals surface area contributed by atoms with Crippen molar-refractivity contribution in [3.8, 4) is 22.7 Å². The summed E-state index contributed by atoms with van der Waals surface area (Å²) in [4.78, 5) is 8.81. The number of nitrogens with zero attached hydrogens (tertiary/aromatic N) is 2. The van der Waals surface area contributed by atoms with Crippen LogP contribution in [0.4, 0.5) is 10.2 Å². The van der Waals surface area contributed by atoms with Gasteiger partial charge in [0.05, 0.1) is 17.4 Å². The first-order valence-electron chi connectivity index (χ1n) is 8.38. The van der Waals surface area contributed by atoms with Crippen LogP contribution < -0.4 is 11.1 Å². The molecule has 0 saturated carbocycles. The number of benzene rings is 1. The van der Waals surface area contributed by atoms with Gasteiger partial charge in [0.1, 0.15) is 17.4 Å². The molecule has 0 bridgehead atoms. The third-order valence-corrected chi connectivity index (χ3v) is 4.19. The summed E-state index contributed by atoms with van der Waals surface area (Å²) in [5.74, 6) is 0.702. The number of hydrogen-bond acceptors (Lipinski definition) is 5. The zero-order valence-electron chi connectivity index (χ0n) is 15.1. The maximum atomic E-state index is 14.3. The molecular formula is C21H18ClFN4O. The summed E-state index contributed by atoms with van der Waals surface area (Å²) >= 11 is 6.01. The summed E-state index contributed by atoms with van der Waals surface area (Å²) in [6, 6.07) is 7.77. The SMILES string of the molecule is C=C/C=C(Nc1nc(-c2cc(Cl)ccc2F)ncc1-c1ccco1)\C(C)=C/N. The van der Waals surface area contributed by atoms with Gasteiger partial charge in [-0.15, -0.1) is 0 Å². The molecule has 0 spiro atoms. The van der Waals surface area contributed by atoms with E-state index in [4.69, 9.17) is 21.8 Å². The zero-order valence-corrected chi connectivity index (χ0v) is 15.9. The number of hydrogen-bond donors (Lipinski definition) is 2. The van der Waals surface area contributed by atoms with Crippen LogP contribution in [0.15, 0.2) is 83.4 Å². The van der Waals surface area contributed by atoms with Crippen LogP contribution in [-0.2, 0) is 0 Å². The van der Waals surface area contributed by atoms with Crippen molar-refractivity contribution >= 4 is 17.4 Å². The van der Waals surface area contributed by atoms with E-state index in [1.165, 1.54) is 24.4 Å². The predicted octanol–water partition coefficient (Wildman–Crippen LogP) is 5.54. The number of halogens is 2. The minimum Gasteiger partial charge on any atom is -0.464 e. The summed E-state index contributed by atoms with van der Waals surface area (Å²) in [7, 11) is 0. The first-order valence-corrected chi connectivity index (χ1v) is 8.76. The molecule has 28 heavy (non-hydrogen) atoms. The fraction of sp³-hybridized carbons (Fsp3) is 0.0476. The van der Waals surface area contributed by atoms with Crippen LogP contribution in [0.5, 0.6) is 0 Å². The first-order chi connectivity index (χ1) is 13.5. The average Bonchev–Trinajstić information content (AvgIpc) is 3.23. The van der Waals surface area contributed by atoms with Crippen LogP contribution >= 0.6 is 11.6 Å². The summed E-state index contributed by atoms with van der Waals surface area (Å²) in [6.45, 7) is 5.56. The van der Waals surface area contributed by atoms with Gasteiger partial charge in [-0.3, -0.25) is 0 Å². The molecule has 0 saturated heterocycles. The molecule has 2 heterocycles. The minimum atomic E-state index is -0.471. The Hall–Kier alpha value is -3.38. The molecule has 0 aliphatic carbocycles. The molecule has 7 heteroatoms. The van der Waals surface area contributed by atoms with E-state index < -0.39 is 5.82 Å². The molecule has 142 valence electrons. The number of aromatic nitrogens is 2. The van der Waals surface area contributed by atoms with E-state index in [0.29, 0.717) is 27.9 Å². The highest BCUT2D eigenvalue weighted by atomic mass is 35.5. The molecular weight excluding hydrogens is 379 g/mol. The van der Waals surface area contributed by atoms with Gasteiger partial charge in [-0.1, -0.05) is 24.3 Å². The van der Waals surface area contributed by atoms with Crippen molar-refractivity contribution in [2.24, 2.45) is 5.73 Å². The largest absolute Gasteiger partial charge is 0.464 e. The number of rotatable bonds is 6. The van der Waals surface area contributed by atoms with Gasteiger partial charge >= 0.3 is 0 Å². The molecule has 5 nitrogen and oxygen atoms in total. The summed E-state index contributed by atoms with van der Waals surface area (Å²) in [5, 5.41) is 3.59. The van der Waals surface area contributed by atoms with Crippen LogP contribution in [0.3, 0.4) is 0 Å². The Labute approximate surface area is 167 Å². The second kappa shape index (κ2) is 8.54. The van der Waals surface area contributed by atoms with Crippen molar-refractivity contribution in [3.05, 3.63) is 89.8 Å². The van der Waals surface area contributed by atoms with Gasteiger partial charge in [0.25, 0.3) is 0 Å². The van der Waals surface area contributed by atoms with E-state index in [2.05, 4.69) is 21.9 Å². The third kappa shape index (κ3) is 4.13. The van der Waals surface area contributed by atoms with E-state index in [0.717, 1.165) is 5.57 Å². The normalized spacial score (nSPS) is 12.1. The van der Waals surface area contributed by atoms with Crippen LogP contribution in [0.1, 0.15) is 6.92 Å². The lowest BCUT2D eigenvalue weighted by atomic mass is 10.1. The molecule has 1 aromatic carbocycles. The quantitative estimate of drug-likeness (QED) is 0.535. The smallest absolute Gasteiger partial charge is 0.164 e. The Balaban J connectivity index is 2.15. The van der Waals surface area contributed by atoms with Crippen molar-refractivity contribution in [1.29, 1.82) is 0 Å². The van der Waals surface area contributed by atoms with Gasteiger partial charge in [-0.25, -0.2) is 14.4 Å². The molecule has 0 aliphatic heterocycles. The Morgan fingerprint density at radius 3 is 2.82 bits per heavy atom. The van der Waals surface area contributed by atoms with Gasteiger partial charge in [0.2, 0.25) is 0 Å². The maximum absolute atomic E-state index is 14.3. The molecule has 0 unspecified atom stereocenters. The number of anilines is 1. The van der Waals surface area contributed by atoms with Crippen LogP contribution in [0.2, 0.25) is 5.02 Å². The number of nitrogens with two attached hydrogens (primary N) is 1. The van der Waals surface area contributed by atoms with E-state index in [9.17, 15) is 4.39 Å². The maximum Gasteiger partial charge on any atom is 0.164 e. The van der Waals surface area contributed by atoms with Gasteiger partial charge in [0.15, 0.2) is 5.82 Å². The van der Waals surface area contributed by atoms with Crippen LogP contribution in [-0.4, -0.2) is 9.97 Å². The summed E-state index contributed by atoms with van der Waals surface area (Å²) in [5.41, 5.74) is 7.92. The Kier molecular flexibility index (Phi) is 5.91. The minimum absolute atomic E-state index is 0.185. The van der Waals surface area contributed by atoms with Gasteiger partial charge in [-0.05, 0) is 55.1 Å². The van der Waals surface area contributed by atoms with E-state index >= 15 is 0 Å². The van der Waals surface area contributed by atoms with Crippen molar-refractivity contribution in [2.75, 3.05) is 5.32 Å². The highest BCUT2D eigenvalue weighted by Gasteiger charge is 2.16. The van der Waals surface area contributed by atoms with Crippen LogP contribution in [0.25, 0.3) is 22.7 Å². The van der Waals surface area contributed by atoms with Crippen molar-refractivity contribution in [3.63, 3.8) is 0 Å². The molecule has 0 fully saturated rings. The Morgan fingerprint density at radius 2 is 2.14 bits per heavy atom. The van der Waals surface area contributed by atoms with Crippen LogP contribution in [0, 0.1) is 5.82 Å². The molecule has 0 aliphatic rings. The lowest BCUT2D eigenvalue weighted by molar-refractivity contribution is 0.582. The monoisotopic (exact) mass is 396 g/mol. The molecule has 2 aromatic heterocycles. The topological polar surface area (TPSA) is 77.0 Å². The van der Waals surface area contributed by atoms with Crippen molar-refractivity contribution in [1.82, 2.24) is 9.97 Å². The molecule has 3 rings (SSSR count). The zero-order chi connectivity index (χ0) is 20.1. The molecule has 0 amide bonds. The molecule has 0 atom stereocenters. The average molecular weight is 397 g/mol. The predicted molar refractivity (Wildman–Crippen MR) is 110 cm³/mol. The number of furan rings is 1. The fourth-order valence-electron chi connectivity index (χ4n) is 2.49.